The summed E-state index contributed by atoms with van der Waals surface area (Å²) in [4.78, 5) is 76.2. The highest BCUT2D eigenvalue weighted by atomic mass is 16.6. The molecule has 13 nitrogen and oxygen atoms in total. The van der Waals surface area contributed by atoms with Crippen molar-refractivity contribution in [1.82, 2.24) is 30.8 Å². The number of hydrogen-bond acceptors (Lipinski definition) is 9. The number of esters is 1. The highest BCUT2D eigenvalue weighted by Crippen LogP contribution is 2.28. The molecule has 2 heterocycles. The van der Waals surface area contributed by atoms with Crippen molar-refractivity contribution in [1.29, 1.82) is 0 Å². The minimum absolute atomic E-state index is 0.00209. The Morgan fingerprint density at radius 1 is 0.936 bits per heavy atom. The first-order chi connectivity index (χ1) is 22.5. The number of rotatable bonds is 11. The number of benzene rings is 1. The molecular formula is C34H46N6O7. The van der Waals surface area contributed by atoms with E-state index >= 15 is 0 Å². The van der Waals surface area contributed by atoms with E-state index in [1.54, 1.807) is 6.92 Å². The summed E-state index contributed by atoms with van der Waals surface area (Å²) in [5.41, 5.74) is 0.150. The summed E-state index contributed by atoms with van der Waals surface area (Å²) in [6, 6.07) is 6.52. The fraction of sp³-hybridized carbons (Fsp3) is 0.559. The molecule has 3 N–H and O–H groups in total. The fourth-order valence-corrected chi connectivity index (χ4v) is 6.07. The molecule has 4 rings (SSSR count). The number of amides is 4. The van der Waals surface area contributed by atoms with Crippen molar-refractivity contribution < 1.29 is 33.4 Å². The van der Waals surface area contributed by atoms with Crippen LogP contribution in [0.15, 0.2) is 48.9 Å². The van der Waals surface area contributed by atoms with Gasteiger partial charge in [0.15, 0.2) is 0 Å². The molecule has 0 radical (unpaired) electrons. The Bertz CT molecular complexity index is 1380. The number of hydrogen-bond donors (Lipinski definition) is 3. The molecule has 2 fully saturated rings. The summed E-state index contributed by atoms with van der Waals surface area (Å²) in [5.74, 6) is -3.03. The van der Waals surface area contributed by atoms with E-state index in [9.17, 15) is 24.0 Å². The summed E-state index contributed by atoms with van der Waals surface area (Å²) in [5, 5.41) is 8.66. The molecule has 1 aromatic carbocycles. The van der Waals surface area contributed by atoms with Gasteiger partial charge >= 0.3 is 12.1 Å². The second-order valence-electron chi connectivity index (χ2n) is 13.2. The molecule has 4 atom stereocenters. The Morgan fingerprint density at radius 3 is 2.30 bits per heavy atom. The molecular weight excluding hydrogens is 604 g/mol. The number of ether oxygens (including phenoxy) is 2. The van der Waals surface area contributed by atoms with Gasteiger partial charge in [-0.15, -0.1) is 0 Å². The predicted octanol–water partition coefficient (Wildman–Crippen LogP) is 3.00. The average molecular weight is 651 g/mol. The maximum atomic E-state index is 13.9. The average Bonchev–Trinajstić information content (AvgIpc) is 3.49. The van der Waals surface area contributed by atoms with Gasteiger partial charge in [-0.25, -0.2) is 9.78 Å². The topological polar surface area (TPSA) is 169 Å². The Kier molecular flexibility index (Phi) is 12.3. The van der Waals surface area contributed by atoms with Crippen LogP contribution in [0.25, 0.3) is 0 Å². The monoisotopic (exact) mass is 650 g/mol. The van der Waals surface area contributed by atoms with Gasteiger partial charge in [-0.1, -0.05) is 70.4 Å². The molecule has 2 unspecified atom stereocenters. The summed E-state index contributed by atoms with van der Waals surface area (Å²) in [7, 11) is 0. The van der Waals surface area contributed by atoms with E-state index in [0.29, 0.717) is 0 Å². The van der Waals surface area contributed by atoms with Crippen molar-refractivity contribution in [3.8, 4) is 0 Å². The zero-order valence-electron chi connectivity index (χ0n) is 27.6. The first-order valence-corrected chi connectivity index (χ1v) is 16.3. The summed E-state index contributed by atoms with van der Waals surface area (Å²) < 4.78 is 10.7. The molecule has 0 bridgehead atoms. The summed E-state index contributed by atoms with van der Waals surface area (Å²) >= 11 is 0. The van der Waals surface area contributed by atoms with Gasteiger partial charge in [-0.3, -0.25) is 24.2 Å². The molecule has 1 aliphatic carbocycles. The van der Waals surface area contributed by atoms with Crippen LogP contribution >= 0.6 is 0 Å². The number of carbonyl (C=O) groups excluding carboxylic acids is 5. The molecule has 0 spiro atoms. The number of nitrogens with one attached hydrogen (secondary N) is 3. The Balaban J connectivity index is 1.48. The quantitative estimate of drug-likeness (QED) is 0.310. The third kappa shape index (κ3) is 9.72. The van der Waals surface area contributed by atoms with Gasteiger partial charge in [-0.05, 0) is 36.7 Å². The number of carbonyl (C=O) groups is 5. The van der Waals surface area contributed by atoms with E-state index in [1.807, 2.05) is 51.1 Å². The molecule has 1 saturated carbocycles. The standard InChI is InChI=1S/C34H46N6O7/c1-5-46-32(44)24-19-40(33(45)47-21-22-12-8-6-9-13-22)20-26(24)37-31(43)28(34(2,3)4)39-30(42)27(23-14-10-7-11-15-23)38-29(41)25-18-35-16-17-36-25/h6,8-9,12-13,16-18,23-24,26-28H,5,7,10-11,14-15,19-21H2,1-4H3,(H,37,43)(H,38,41)(H,39,42)/t24?,26-,27-,28?/m0/s1. The second kappa shape index (κ2) is 16.3. The number of aromatic nitrogens is 2. The zero-order valence-corrected chi connectivity index (χ0v) is 27.6. The fourth-order valence-electron chi connectivity index (χ4n) is 6.07. The molecule has 2 aromatic rings. The summed E-state index contributed by atoms with van der Waals surface area (Å²) in [6.07, 6.45) is 8.00. The van der Waals surface area contributed by atoms with E-state index in [2.05, 4.69) is 25.9 Å². The van der Waals surface area contributed by atoms with Gasteiger partial charge in [0.25, 0.3) is 5.91 Å². The summed E-state index contributed by atoms with van der Waals surface area (Å²) in [6.45, 7) is 7.35. The lowest BCUT2D eigenvalue weighted by atomic mass is 9.82. The van der Waals surface area contributed by atoms with Crippen LogP contribution in [0.2, 0.25) is 0 Å². The minimum atomic E-state index is -1.03. The molecule has 2 aliphatic rings. The first kappa shape index (κ1) is 35.3. The second-order valence-corrected chi connectivity index (χ2v) is 13.2. The van der Waals surface area contributed by atoms with Gasteiger partial charge in [0.2, 0.25) is 11.8 Å². The van der Waals surface area contributed by atoms with E-state index in [4.69, 9.17) is 9.47 Å². The van der Waals surface area contributed by atoms with E-state index in [0.717, 1.165) is 37.7 Å². The molecule has 1 saturated heterocycles. The van der Waals surface area contributed by atoms with E-state index in [1.165, 1.54) is 23.5 Å². The SMILES string of the molecule is CCOC(=O)C1CN(C(=O)OCc2ccccc2)C[C@@H]1NC(=O)C(NC(=O)[C@@H](NC(=O)c1cnccn1)C1CCCCC1)C(C)(C)C. The first-order valence-electron chi connectivity index (χ1n) is 16.3. The van der Waals surface area contributed by atoms with E-state index < -0.39 is 59.2 Å². The zero-order chi connectivity index (χ0) is 34.0. The van der Waals surface area contributed by atoms with Crippen molar-refractivity contribution in [2.45, 2.75) is 84.5 Å². The van der Waals surface area contributed by atoms with Crippen LogP contribution in [-0.4, -0.2) is 82.5 Å². The van der Waals surface area contributed by atoms with Crippen LogP contribution < -0.4 is 16.0 Å². The molecule has 1 aliphatic heterocycles. The molecule has 4 amide bonds. The molecule has 13 heteroatoms. The predicted molar refractivity (Wildman–Crippen MR) is 172 cm³/mol. The lowest BCUT2D eigenvalue weighted by Gasteiger charge is -2.35. The molecule has 254 valence electrons. The smallest absolute Gasteiger partial charge is 0.410 e. The van der Waals surface area contributed by atoms with Crippen LogP contribution in [0.4, 0.5) is 4.79 Å². The maximum Gasteiger partial charge on any atom is 0.410 e. The van der Waals surface area contributed by atoms with Gasteiger partial charge in [0.05, 0.1) is 24.8 Å². The normalized spacial score (nSPS) is 19.6. The van der Waals surface area contributed by atoms with Gasteiger partial charge in [-0.2, -0.15) is 0 Å². The van der Waals surface area contributed by atoms with Gasteiger partial charge < -0.3 is 30.3 Å². The highest BCUT2D eigenvalue weighted by molar-refractivity contribution is 5.97. The van der Waals surface area contributed by atoms with Crippen LogP contribution in [0.3, 0.4) is 0 Å². The largest absolute Gasteiger partial charge is 0.466 e. The number of likely N-dealkylation sites (tertiary alicyclic amines) is 1. The third-order valence-corrected chi connectivity index (χ3v) is 8.60. The number of nitrogens with zero attached hydrogens (tertiary/aromatic N) is 3. The van der Waals surface area contributed by atoms with Crippen LogP contribution in [0, 0.1) is 17.3 Å². The van der Waals surface area contributed by atoms with Crippen molar-refractivity contribution in [2.75, 3.05) is 19.7 Å². The van der Waals surface area contributed by atoms with Crippen molar-refractivity contribution in [2.24, 2.45) is 17.3 Å². The van der Waals surface area contributed by atoms with Crippen LogP contribution in [-0.2, 0) is 30.5 Å². The Hall–Kier alpha value is -4.55. The third-order valence-electron chi connectivity index (χ3n) is 8.60. The Morgan fingerprint density at radius 2 is 1.66 bits per heavy atom. The van der Waals surface area contributed by atoms with Crippen molar-refractivity contribution in [3.05, 3.63) is 60.2 Å². The minimum Gasteiger partial charge on any atom is -0.466 e. The van der Waals surface area contributed by atoms with Gasteiger partial charge in [0.1, 0.15) is 24.4 Å². The maximum absolute atomic E-state index is 13.9. The lowest BCUT2D eigenvalue weighted by Crippen LogP contribution is -2.61. The van der Waals surface area contributed by atoms with Gasteiger partial charge in [0, 0.05) is 25.5 Å². The van der Waals surface area contributed by atoms with Crippen molar-refractivity contribution in [3.63, 3.8) is 0 Å². The van der Waals surface area contributed by atoms with E-state index in [-0.39, 0.29) is 37.9 Å². The molecule has 47 heavy (non-hydrogen) atoms. The highest BCUT2D eigenvalue weighted by Gasteiger charge is 2.44. The van der Waals surface area contributed by atoms with Crippen LogP contribution in [0.5, 0.6) is 0 Å². The van der Waals surface area contributed by atoms with Crippen molar-refractivity contribution >= 4 is 29.8 Å². The Labute approximate surface area is 275 Å². The molecule has 1 aromatic heterocycles. The lowest BCUT2D eigenvalue weighted by molar-refractivity contribution is -0.148. The van der Waals surface area contributed by atoms with Crippen LogP contribution in [0.1, 0.15) is 75.9 Å².